The van der Waals surface area contributed by atoms with Gasteiger partial charge in [-0.1, -0.05) is 12.1 Å². The van der Waals surface area contributed by atoms with Gasteiger partial charge in [-0.15, -0.1) is 11.3 Å². The molecule has 1 saturated heterocycles. The molecule has 3 rings (SSSR count). The molecule has 0 saturated carbocycles. The molecule has 25 heavy (non-hydrogen) atoms. The van der Waals surface area contributed by atoms with Crippen LogP contribution >= 0.6 is 11.3 Å². The van der Waals surface area contributed by atoms with Crippen LogP contribution in [-0.2, 0) is 26.2 Å². The monoisotopic (exact) mass is 380 g/mol. The fourth-order valence-electron chi connectivity index (χ4n) is 2.55. The Kier molecular flexibility index (Phi) is 4.84. The number of anilines is 1. The van der Waals surface area contributed by atoms with Crippen molar-refractivity contribution < 1.29 is 18.0 Å². The fourth-order valence-corrected chi connectivity index (χ4v) is 3.73. The van der Waals surface area contributed by atoms with Crippen molar-refractivity contribution in [2.75, 3.05) is 11.4 Å². The van der Waals surface area contributed by atoms with E-state index in [-0.39, 0.29) is 29.7 Å². The van der Waals surface area contributed by atoms with Crippen molar-refractivity contribution in [3.05, 3.63) is 41.4 Å². The highest BCUT2D eigenvalue weighted by Crippen LogP contribution is 2.26. The summed E-state index contributed by atoms with van der Waals surface area (Å²) in [4.78, 5) is 30.0. The van der Waals surface area contributed by atoms with Crippen LogP contribution in [-0.4, -0.2) is 31.8 Å². The van der Waals surface area contributed by atoms with Crippen LogP contribution in [0.2, 0.25) is 0 Å². The Morgan fingerprint density at radius 3 is 2.68 bits per heavy atom. The number of benzene rings is 1. The number of sulfonamides is 1. The molecule has 0 bridgehead atoms. The maximum atomic E-state index is 12.3. The summed E-state index contributed by atoms with van der Waals surface area (Å²) in [6.45, 7) is 0.550. The molecule has 2 aromatic rings. The number of nitrogens with zero attached hydrogens (tertiary/aromatic N) is 2. The van der Waals surface area contributed by atoms with Crippen molar-refractivity contribution in [1.29, 1.82) is 0 Å². The van der Waals surface area contributed by atoms with Gasteiger partial charge in [0.05, 0.1) is 10.8 Å². The van der Waals surface area contributed by atoms with Gasteiger partial charge in [-0.3, -0.25) is 14.5 Å². The Labute approximate surface area is 148 Å². The van der Waals surface area contributed by atoms with Gasteiger partial charge in [0.2, 0.25) is 21.8 Å². The summed E-state index contributed by atoms with van der Waals surface area (Å²) < 4.78 is 22.4. The second-order valence-corrected chi connectivity index (χ2v) is 8.06. The number of hydrogen-bond donors (Lipinski definition) is 2. The minimum absolute atomic E-state index is 0.0167. The third-order valence-electron chi connectivity index (χ3n) is 3.86. The molecule has 0 aliphatic carbocycles. The predicted octanol–water partition coefficient (Wildman–Crippen LogP) is 0.460. The molecule has 3 N–H and O–H groups in total. The number of amides is 2. The van der Waals surface area contributed by atoms with Crippen molar-refractivity contribution >= 4 is 38.3 Å². The van der Waals surface area contributed by atoms with E-state index in [1.807, 2.05) is 0 Å². The number of hydrogen-bond acceptors (Lipinski definition) is 6. The lowest BCUT2D eigenvalue weighted by molar-refractivity contribution is -0.126. The highest BCUT2D eigenvalue weighted by Gasteiger charge is 2.36. The minimum Gasteiger partial charge on any atom is -0.352 e. The highest BCUT2D eigenvalue weighted by molar-refractivity contribution is 7.89. The molecule has 1 atom stereocenters. The van der Waals surface area contributed by atoms with Gasteiger partial charge in [0.15, 0.2) is 5.13 Å². The van der Waals surface area contributed by atoms with Gasteiger partial charge in [-0.2, -0.15) is 0 Å². The maximum absolute atomic E-state index is 12.3. The average molecular weight is 380 g/mol. The molecule has 1 aliphatic rings. The van der Waals surface area contributed by atoms with E-state index >= 15 is 0 Å². The van der Waals surface area contributed by atoms with Gasteiger partial charge < -0.3 is 5.32 Å². The molecule has 0 spiro atoms. The molecule has 2 heterocycles. The van der Waals surface area contributed by atoms with Crippen LogP contribution in [0.15, 0.2) is 40.7 Å². The molecule has 1 fully saturated rings. The Balaban J connectivity index is 1.57. The number of aromatic nitrogens is 1. The van der Waals surface area contributed by atoms with Crippen LogP contribution in [0.5, 0.6) is 0 Å². The summed E-state index contributed by atoms with van der Waals surface area (Å²) >= 11 is 1.35. The first-order chi connectivity index (χ1) is 11.8. The Hall–Kier alpha value is -2.30. The fraction of sp³-hybridized carbons (Fsp3) is 0.267. The van der Waals surface area contributed by atoms with E-state index in [2.05, 4.69) is 10.3 Å². The van der Waals surface area contributed by atoms with E-state index in [0.29, 0.717) is 11.7 Å². The first-order valence-electron chi connectivity index (χ1n) is 7.44. The van der Waals surface area contributed by atoms with Crippen molar-refractivity contribution in [2.24, 2.45) is 11.1 Å². The molecule has 8 nitrogen and oxygen atoms in total. The summed E-state index contributed by atoms with van der Waals surface area (Å²) in [5.41, 5.74) is 0.738. The third kappa shape index (κ3) is 4.03. The van der Waals surface area contributed by atoms with Gasteiger partial charge in [-0.25, -0.2) is 18.5 Å². The minimum atomic E-state index is -3.73. The van der Waals surface area contributed by atoms with Gasteiger partial charge in [0.25, 0.3) is 0 Å². The van der Waals surface area contributed by atoms with E-state index in [1.165, 1.54) is 28.4 Å². The van der Waals surface area contributed by atoms with Crippen molar-refractivity contribution in [2.45, 2.75) is 17.9 Å². The molecule has 2 amide bonds. The van der Waals surface area contributed by atoms with Crippen LogP contribution in [0.3, 0.4) is 0 Å². The highest BCUT2D eigenvalue weighted by atomic mass is 32.2. The summed E-state index contributed by atoms with van der Waals surface area (Å²) in [5, 5.41) is 10.2. The van der Waals surface area contributed by atoms with Gasteiger partial charge in [0.1, 0.15) is 0 Å². The lowest BCUT2D eigenvalue weighted by Gasteiger charge is -2.13. The molecular weight excluding hydrogens is 364 g/mol. The Bertz CT molecular complexity index is 879. The smallest absolute Gasteiger partial charge is 0.238 e. The molecule has 1 unspecified atom stereocenters. The van der Waals surface area contributed by atoms with Crippen molar-refractivity contribution in [3.8, 4) is 0 Å². The molecule has 1 aliphatic heterocycles. The molecule has 132 valence electrons. The summed E-state index contributed by atoms with van der Waals surface area (Å²) in [6, 6.07) is 5.95. The number of nitrogens with two attached hydrogens (primary N) is 1. The van der Waals surface area contributed by atoms with Gasteiger partial charge in [0, 0.05) is 31.1 Å². The lowest BCUT2D eigenvalue weighted by atomic mass is 10.1. The van der Waals surface area contributed by atoms with Crippen molar-refractivity contribution in [1.82, 2.24) is 10.3 Å². The SMILES string of the molecule is NS(=O)(=O)c1ccc(CNC(=O)C2CC(=O)N(c3nccs3)C2)cc1. The zero-order valence-electron chi connectivity index (χ0n) is 13.1. The first-order valence-corrected chi connectivity index (χ1v) is 9.86. The number of carbonyl (C=O) groups excluding carboxylic acids is 2. The van der Waals surface area contributed by atoms with E-state index in [1.54, 1.807) is 23.7 Å². The second-order valence-electron chi connectivity index (χ2n) is 5.63. The normalized spacial score (nSPS) is 17.7. The van der Waals surface area contributed by atoms with E-state index in [0.717, 1.165) is 5.56 Å². The topological polar surface area (TPSA) is 122 Å². The zero-order valence-corrected chi connectivity index (χ0v) is 14.7. The quantitative estimate of drug-likeness (QED) is 0.780. The first kappa shape index (κ1) is 17.5. The van der Waals surface area contributed by atoms with E-state index in [9.17, 15) is 18.0 Å². The largest absolute Gasteiger partial charge is 0.352 e. The zero-order chi connectivity index (χ0) is 18.0. The lowest BCUT2D eigenvalue weighted by Crippen LogP contribution is -2.32. The Morgan fingerprint density at radius 1 is 1.36 bits per heavy atom. The van der Waals surface area contributed by atoms with Gasteiger partial charge in [-0.05, 0) is 17.7 Å². The average Bonchev–Trinajstić information content (AvgIpc) is 3.21. The molecule has 1 aromatic carbocycles. The third-order valence-corrected chi connectivity index (χ3v) is 5.59. The summed E-state index contributed by atoms with van der Waals surface area (Å²) in [7, 11) is -3.73. The van der Waals surface area contributed by atoms with E-state index in [4.69, 9.17) is 5.14 Å². The number of carbonyl (C=O) groups is 2. The van der Waals surface area contributed by atoms with Crippen LogP contribution in [0.25, 0.3) is 0 Å². The van der Waals surface area contributed by atoms with Crippen LogP contribution in [0, 0.1) is 5.92 Å². The Morgan fingerprint density at radius 2 is 2.08 bits per heavy atom. The maximum Gasteiger partial charge on any atom is 0.238 e. The molecular formula is C15H16N4O4S2. The van der Waals surface area contributed by atoms with Crippen LogP contribution in [0.4, 0.5) is 5.13 Å². The molecule has 10 heteroatoms. The molecule has 1 aromatic heterocycles. The number of primary sulfonamides is 1. The van der Waals surface area contributed by atoms with Crippen molar-refractivity contribution in [3.63, 3.8) is 0 Å². The van der Waals surface area contributed by atoms with Crippen LogP contribution < -0.4 is 15.4 Å². The second kappa shape index (κ2) is 6.90. The van der Waals surface area contributed by atoms with Crippen LogP contribution in [0.1, 0.15) is 12.0 Å². The van der Waals surface area contributed by atoms with E-state index < -0.39 is 15.9 Å². The standard InChI is InChI=1S/C15H16N4O4S2/c16-25(22,23)12-3-1-10(2-4-12)8-18-14(21)11-7-13(20)19(9-11)15-17-5-6-24-15/h1-6,11H,7-9H2,(H,18,21)(H2,16,22,23). The molecule has 0 radical (unpaired) electrons. The predicted molar refractivity (Wildman–Crippen MR) is 92.2 cm³/mol. The van der Waals surface area contributed by atoms with Gasteiger partial charge >= 0.3 is 0 Å². The number of thiazole rings is 1. The number of nitrogens with one attached hydrogen (secondary N) is 1. The number of rotatable bonds is 5. The summed E-state index contributed by atoms with van der Waals surface area (Å²) in [6.07, 6.45) is 1.77. The summed E-state index contributed by atoms with van der Waals surface area (Å²) in [5.74, 6) is -0.768.